The molecular formula is C18H20N4O5S2. The quantitative estimate of drug-likeness (QED) is 0.596. The number of sulfonamides is 1. The topological polar surface area (TPSA) is 132 Å². The highest BCUT2D eigenvalue weighted by Crippen LogP contribution is 2.26. The fraction of sp³-hybridized carbons (Fsp3) is 0.278. The van der Waals surface area contributed by atoms with Crippen LogP contribution >= 0.6 is 0 Å². The Hall–Kier alpha value is -2.63. The Morgan fingerprint density at radius 2 is 1.76 bits per heavy atom. The van der Waals surface area contributed by atoms with Gasteiger partial charge >= 0.3 is 0 Å². The van der Waals surface area contributed by atoms with Crippen molar-refractivity contribution in [2.75, 3.05) is 6.26 Å². The highest BCUT2D eigenvalue weighted by atomic mass is 32.2. The van der Waals surface area contributed by atoms with Crippen molar-refractivity contribution in [2.24, 2.45) is 5.92 Å². The summed E-state index contributed by atoms with van der Waals surface area (Å²) in [5, 5.41) is 3.90. The highest BCUT2D eigenvalue weighted by Gasteiger charge is 2.29. The van der Waals surface area contributed by atoms with E-state index in [1.165, 1.54) is 18.2 Å². The third-order valence-corrected chi connectivity index (χ3v) is 6.67. The molecule has 3 aromatic rings. The van der Waals surface area contributed by atoms with Gasteiger partial charge in [0.2, 0.25) is 21.7 Å². The zero-order chi connectivity index (χ0) is 21.2. The molecule has 3 rings (SSSR count). The molecule has 0 spiro atoms. The minimum atomic E-state index is -4.05. The van der Waals surface area contributed by atoms with E-state index in [0.717, 1.165) is 12.3 Å². The smallest absolute Gasteiger partial charge is 0.245 e. The number of hydrogen-bond donors (Lipinski definition) is 1. The van der Waals surface area contributed by atoms with Crippen molar-refractivity contribution in [1.29, 1.82) is 0 Å². The standard InChI is InChI=1S/C18H20N4O5S2/c1-12(2)16(18-20-17(21-27-18)13-6-5-9-19-11-13)22-29(25,26)15-8-4-7-14(10-15)28(3,23)24/h4-12,16,22H,1-3H3. The lowest BCUT2D eigenvalue weighted by molar-refractivity contribution is 0.311. The van der Waals surface area contributed by atoms with Crippen LogP contribution in [-0.2, 0) is 19.9 Å². The molecule has 0 aliphatic carbocycles. The number of pyridine rings is 1. The molecule has 154 valence electrons. The van der Waals surface area contributed by atoms with E-state index in [0.29, 0.717) is 5.56 Å². The van der Waals surface area contributed by atoms with Gasteiger partial charge in [-0.3, -0.25) is 4.98 Å². The third-order valence-electron chi connectivity index (χ3n) is 4.12. The molecule has 0 saturated carbocycles. The second-order valence-corrected chi connectivity index (χ2v) is 10.5. The van der Waals surface area contributed by atoms with Gasteiger partial charge < -0.3 is 4.52 Å². The normalized spacial score (nSPS) is 13.5. The third kappa shape index (κ3) is 4.86. The van der Waals surface area contributed by atoms with Gasteiger partial charge in [0.1, 0.15) is 6.04 Å². The van der Waals surface area contributed by atoms with Crippen LogP contribution in [0.1, 0.15) is 25.8 Å². The summed E-state index contributed by atoms with van der Waals surface area (Å²) in [6.07, 6.45) is 4.20. The molecule has 1 N–H and O–H groups in total. The second kappa shape index (κ2) is 8.01. The maximum Gasteiger partial charge on any atom is 0.245 e. The number of sulfone groups is 1. The molecular weight excluding hydrogens is 416 g/mol. The van der Waals surface area contributed by atoms with Crippen molar-refractivity contribution in [1.82, 2.24) is 19.8 Å². The van der Waals surface area contributed by atoms with Crippen LogP contribution in [0.15, 0.2) is 63.1 Å². The first-order valence-electron chi connectivity index (χ1n) is 8.64. The number of rotatable bonds is 7. The molecule has 1 aromatic carbocycles. The monoisotopic (exact) mass is 436 g/mol. The summed E-state index contributed by atoms with van der Waals surface area (Å²) >= 11 is 0. The molecule has 0 aliphatic heterocycles. The molecule has 1 atom stereocenters. The molecule has 0 aliphatic rings. The first kappa shape index (κ1) is 21.1. The van der Waals surface area contributed by atoms with E-state index >= 15 is 0 Å². The Labute approximate surface area is 169 Å². The van der Waals surface area contributed by atoms with E-state index < -0.39 is 25.9 Å². The minimum Gasteiger partial charge on any atom is -0.337 e. The van der Waals surface area contributed by atoms with Crippen molar-refractivity contribution in [3.8, 4) is 11.4 Å². The predicted molar refractivity (Wildman–Crippen MR) is 105 cm³/mol. The lowest BCUT2D eigenvalue weighted by atomic mass is 10.1. The van der Waals surface area contributed by atoms with Crippen LogP contribution in [-0.4, -0.2) is 38.2 Å². The van der Waals surface area contributed by atoms with Gasteiger partial charge in [0.15, 0.2) is 9.84 Å². The largest absolute Gasteiger partial charge is 0.337 e. The van der Waals surface area contributed by atoms with Crippen molar-refractivity contribution in [2.45, 2.75) is 29.7 Å². The molecule has 0 saturated heterocycles. The Morgan fingerprint density at radius 1 is 1.03 bits per heavy atom. The van der Waals surface area contributed by atoms with Gasteiger partial charge in [0.05, 0.1) is 9.79 Å². The van der Waals surface area contributed by atoms with Crippen LogP contribution in [0.2, 0.25) is 0 Å². The maximum absolute atomic E-state index is 12.9. The molecule has 0 amide bonds. The molecule has 9 nitrogen and oxygen atoms in total. The SMILES string of the molecule is CC(C)C(NS(=O)(=O)c1cccc(S(C)(=O)=O)c1)c1nc(-c2cccnc2)no1. The van der Waals surface area contributed by atoms with E-state index in [-0.39, 0.29) is 27.4 Å². The first-order valence-corrected chi connectivity index (χ1v) is 12.0. The number of hydrogen-bond acceptors (Lipinski definition) is 8. The van der Waals surface area contributed by atoms with E-state index in [9.17, 15) is 16.8 Å². The van der Waals surface area contributed by atoms with Crippen molar-refractivity contribution < 1.29 is 21.4 Å². The van der Waals surface area contributed by atoms with E-state index in [1.807, 2.05) is 0 Å². The summed E-state index contributed by atoms with van der Waals surface area (Å²) in [6, 6.07) is 7.83. The number of nitrogens with zero attached hydrogens (tertiary/aromatic N) is 3. The van der Waals surface area contributed by atoms with Gasteiger partial charge in [0.25, 0.3) is 0 Å². The summed E-state index contributed by atoms with van der Waals surface area (Å²) < 4.78 is 57.1. The fourth-order valence-corrected chi connectivity index (χ4v) is 4.68. The van der Waals surface area contributed by atoms with Gasteiger partial charge in [-0.1, -0.05) is 25.1 Å². The number of aromatic nitrogens is 3. The Kier molecular flexibility index (Phi) is 5.82. The summed E-state index contributed by atoms with van der Waals surface area (Å²) in [4.78, 5) is 8.04. The summed E-state index contributed by atoms with van der Waals surface area (Å²) in [7, 11) is -7.59. The molecule has 11 heteroatoms. The second-order valence-electron chi connectivity index (χ2n) is 6.79. The zero-order valence-electron chi connectivity index (χ0n) is 16.0. The number of benzene rings is 1. The van der Waals surface area contributed by atoms with Crippen molar-refractivity contribution in [3.63, 3.8) is 0 Å². The van der Waals surface area contributed by atoms with Gasteiger partial charge in [-0.2, -0.15) is 9.71 Å². The van der Waals surface area contributed by atoms with E-state index in [1.54, 1.807) is 38.4 Å². The van der Waals surface area contributed by atoms with Gasteiger partial charge in [-0.15, -0.1) is 0 Å². The zero-order valence-corrected chi connectivity index (χ0v) is 17.6. The molecule has 29 heavy (non-hydrogen) atoms. The average Bonchev–Trinajstić information content (AvgIpc) is 3.16. The number of nitrogens with one attached hydrogen (secondary N) is 1. The predicted octanol–water partition coefficient (Wildman–Crippen LogP) is 2.21. The van der Waals surface area contributed by atoms with Crippen LogP contribution in [0.4, 0.5) is 0 Å². The van der Waals surface area contributed by atoms with E-state index in [4.69, 9.17) is 4.52 Å². The lowest BCUT2D eigenvalue weighted by Crippen LogP contribution is -2.32. The van der Waals surface area contributed by atoms with Crippen LogP contribution in [0.25, 0.3) is 11.4 Å². The molecule has 0 bridgehead atoms. The van der Waals surface area contributed by atoms with Gasteiger partial charge in [-0.05, 0) is 36.2 Å². The van der Waals surface area contributed by atoms with Gasteiger partial charge in [0, 0.05) is 24.2 Å². The van der Waals surface area contributed by atoms with E-state index in [2.05, 4.69) is 19.8 Å². The van der Waals surface area contributed by atoms with Crippen LogP contribution in [0, 0.1) is 5.92 Å². The lowest BCUT2D eigenvalue weighted by Gasteiger charge is -2.18. The first-order chi connectivity index (χ1) is 13.6. The molecule has 2 heterocycles. The van der Waals surface area contributed by atoms with Crippen LogP contribution in [0.3, 0.4) is 0 Å². The molecule has 2 aromatic heterocycles. The summed E-state index contributed by atoms with van der Waals surface area (Å²) in [5.41, 5.74) is 0.633. The fourth-order valence-electron chi connectivity index (χ4n) is 2.55. The van der Waals surface area contributed by atoms with Crippen molar-refractivity contribution >= 4 is 19.9 Å². The minimum absolute atomic E-state index is 0.0851. The van der Waals surface area contributed by atoms with Crippen LogP contribution in [0.5, 0.6) is 0 Å². The summed E-state index contributed by atoms with van der Waals surface area (Å²) in [6.45, 7) is 3.60. The Bertz CT molecular complexity index is 1210. The Balaban J connectivity index is 1.93. The van der Waals surface area contributed by atoms with Crippen LogP contribution < -0.4 is 4.72 Å². The van der Waals surface area contributed by atoms with Gasteiger partial charge in [-0.25, -0.2) is 16.8 Å². The summed E-state index contributed by atoms with van der Waals surface area (Å²) in [5.74, 6) is 0.170. The molecule has 0 fully saturated rings. The maximum atomic E-state index is 12.9. The molecule has 1 unspecified atom stereocenters. The van der Waals surface area contributed by atoms with Crippen molar-refractivity contribution in [3.05, 3.63) is 54.7 Å². The molecule has 0 radical (unpaired) electrons. The average molecular weight is 437 g/mol. The Morgan fingerprint density at radius 3 is 2.38 bits per heavy atom. The highest BCUT2D eigenvalue weighted by molar-refractivity contribution is 7.91.